The molecule has 0 spiro atoms. The van der Waals surface area contributed by atoms with Crippen LogP contribution in [0.3, 0.4) is 0 Å². The molecule has 180 valence electrons. The van der Waals surface area contributed by atoms with Crippen LogP contribution in [0.15, 0.2) is 61.1 Å². The van der Waals surface area contributed by atoms with E-state index in [1.807, 2.05) is 24.4 Å². The average Bonchev–Trinajstić information content (AvgIpc) is 3.44. The lowest BCUT2D eigenvalue weighted by atomic mass is 9.78. The topological polar surface area (TPSA) is 64.0 Å². The van der Waals surface area contributed by atoms with Gasteiger partial charge >= 0.3 is 0 Å². The zero-order chi connectivity index (χ0) is 24.5. The summed E-state index contributed by atoms with van der Waals surface area (Å²) in [6.45, 7) is 2.08. The summed E-state index contributed by atoms with van der Waals surface area (Å²) in [5.74, 6) is -1.98. The fraction of sp³-hybridized carbons (Fsp3) is 0.321. The van der Waals surface area contributed by atoms with Crippen LogP contribution in [0.25, 0.3) is 11.1 Å². The van der Waals surface area contributed by atoms with Crippen LogP contribution in [-0.2, 0) is 9.59 Å². The lowest BCUT2D eigenvalue weighted by Gasteiger charge is -2.28. The number of amides is 1. The molecule has 1 aliphatic heterocycles. The minimum atomic E-state index is -0.796. The highest BCUT2D eigenvalue weighted by molar-refractivity contribution is 5.96. The van der Waals surface area contributed by atoms with E-state index < -0.39 is 11.6 Å². The molecule has 1 unspecified atom stereocenters. The van der Waals surface area contributed by atoms with Gasteiger partial charge in [0.05, 0.1) is 29.9 Å². The lowest BCUT2D eigenvalue weighted by Crippen LogP contribution is -2.30. The molecule has 1 atom stereocenters. The van der Waals surface area contributed by atoms with Gasteiger partial charge in [-0.05, 0) is 61.4 Å². The Balaban J connectivity index is 1.23. The number of benzene rings is 2. The minimum Gasteiger partial charge on any atom is -0.323 e. The number of carbonyl (C=O) groups excluding carboxylic acids is 2. The normalized spacial score (nSPS) is 21.6. The number of allylic oxidation sites excluding steroid dienone is 2. The molecular formula is C28H27F2N3O2. The zero-order valence-electron chi connectivity index (χ0n) is 19.5. The summed E-state index contributed by atoms with van der Waals surface area (Å²) < 4.78 is 29.1. The van der Waals surface area contributed by atoms with Gasteiger partial charge < -0.3 is 9.88 Å². The van der Waals surface area contributed by atoms with Crippen LogP contribution in [0.5, 0.6) is 0 Å². The third-order valence-electron chi connectivity index (χ3n) is 7.34. The molecule has 2 heterocycles. The average molecular weight is 476 g/mol. The van der Waals surface area contributed by atoms with Gasteiger partial charge in [-0.15, -0.1) is 0 Å². The van der Waals surface area contributed by atoms with Gasteiger partial charge in [-0.1, -0.05) is 30.3 Å². The van der Waals surface area contributed by atoms with Crippen LogP contribution >= 0.6 is 0 Å². The van der Waals surface area contributed by atoms with Crippen LogP contribution in [0, 0.1) is 23.5 Å². The number of nitrogens with zero attached hydrogens (tertiary/aromatic N) is 2. The number of ketones is 1. The standard InChI is InChI=1S/C28H27F2N3O2/c1-17-25-15-31-16-33(25)24(27(17)19-5-3-2-4-6-19)14-26(34)18-7-9-20(10-8-18)28(35)32-23-12-11-21(29)13-22(23)30/h2-6,11-13,15-16,18,20,24H,7-10,14H2,1H3,(H,32,35). The van der Waals surface area contributed by atoms with Crippen LogP contribution in [0.2, 0.25) is 0 Å². The van der Waals surface area contributed by atoms with Crippen molar-refractivity contribution in [1.82, 2.24) is 9.55 Å². The molecule has 0 radical (unpaired) electrons. The maximum Gasteiger partial charge on any atom is 0.227 e. The van der Waals surface area contributed by atoms with Gasteiger partial charge in [-0.2, -0.15) is 0 Å². The molecule has 1 aliphatic carbocycles. The van der Waals surface area contributed by atoms with Crippen LogP contribution in [0.4, 0.5) is 14.5 Å². The second-order valence-electron chi connectivity index (χ2n) is 9.44. The van der Waals surface area contributed by atoms with Crippen LogP contribution in [-0.4, -0.2) is 21.2 Å². The molecule has 0 saturated heterocycles. The Bertz CT molecular complexity index is 1290. The minimum absolute atomic E-state index is 0.0254. The second kappa shape index (κ2) is 9.56. The number of Topliss-reactive ketones (excluding diaryl/α,β-unsaturated/α-hetero) is 1. The van der Waals surface area contributed by atoms with E-state index in [2.05, 4.69) is 33.9 Å². The first-order valence-corrected chi connectivity index (χ1v) is 12.0. The van der Waals surface area contributed by atoms with Crippen molar-refractivity contribution in [3.63, 3.8) is 0 Å². The highest BCUT2D eigenvalue weighted by Crippen LogP contribution is 2.44. The van der Waals surface area contributed by atoms with Crippen molar-refractivity contribution in [2.24, 2.45) is 11.8 Å². The highest BCUT2D eigenvalue weighted by Gasteiger charge is 2.35. The molecule has 3 aromatic rings. The Hall–Kier alpha value is -3.61. The quantitative estimate of drug-likeness (QED) is 0.472. The van der Waals surface area contributed by atoms with Crippen molar-refractivity contribution in [3.05, 3.63) is 83.9 Å². The Morgan fingerprint density at radius 2 is 1.74 bits per heavy atom. The number of rotatable bonds is 6. The largest absolute Gasteiger partial charge is 0.323 e. The van der Waals surface area contributed by atoms with E-state index in [-0.39, 0.29) is 35.3 Å². The lowest BCUT2D eigenvalue weighted by molar-refractivity contribution is -0.127. The summed E-state index contributed by atoms with van der Waals surface area (Å²) in [5, 5.41) is 2.56. The Kier molecular flexibility index (Phi) is 6.32. The summed E-state index contributed by atoms with van der Waals surface area (Å²) in [6.07, 6.45) is 6.39. The first kappa shape index (κ1) is 23.1. The third kappa shape index (κ3) is 4.55. The summed E-state index contributed by atoms with van der Waals surface area (Å²) in [4.78, 5) is 30.3. The first-order chi connectivity index (χ1) is 16.9. The Morgan fingerprint density at radius 3 is 2.46 bits per heavy atom. The number of fused-ring (bicyclic) bond motifs is 1. The molecule has 1 fully saturated rings. The zero-order valence-corrected chi connectivity index (χ0v) is 19.5. The van der Waals surface area contributed by atoms with Crippen molar-refractivity contribution >= 4 is 28.5 Å². The number of imidazole rings is 1. The molecule has 1 aromatic heterocycles. The molecular weight excluding hydrogens is 448 g/mol. The SMILES string of the molecule is CC1=C(c2ccccc2)C(CC(=O)C2CCC(C(=O)Nc3ccc(F)cc3F)CC2)n2cncc21. The number of carbonyl (C=O) groups is 2. The van der Waals surface area contributed by atoms with E-state index in [0.717, 1.165) is 34.5 Å². The van der Waals surface area contributed by atoms with Gasteiger partial charge in [0.1, 0.15) is 17.4 Å². The summed E-state index contributed by atoms with van der Waals surface area (Å²) in [6, 6.07) is 13.1. The van der Waals surface area contributed by atoms with Crippen molar-refractivity contribution in [2.45, 2.75) is 45.1 Å². The molecule has 1 saturated carbocycles. The van der Waals surface area contributed by atoms with Crippen LogP contribution in [0.1, 0.15) is 56.3 Å². The molecule has 7 heteroatoms. The smallest absolute Gasteiger partial charge is 0.227 e. The highest BCUT2D eigenvalue weighted by atomic mass is 19.1. The molecule has 5 rings (SSSR count). The van der Waals surface area contributed by atoms with Gasteiger partial charge in [0, 0.05) is 24.3 Å². The number of halogens is 2. The van der Waals surface area contributed by atoms with E-state index in [1.165, 1.54) is 6.07 Å². The van der Waals surface area contributed by atoms with E-state index >= 15 is 0 Å². The third-order valence-corrected chi connectivity index (χ3v) is 7.34. The monoisotopic (exact) mass is 475 g/mol. The van der Waals surface area contributed by atoms with Crippen molar-refractivity contribution < 1.29 is 18.4 Å². The molecule has 1 amide bonds. The van der Waals surface area contributed by atoms with Gasteiger partial charge in [-0.3, -0.25) is 9.59 Å². The summed E-state index contributed by atoms with van der Waals surface area (Å²) in [7, 11) is 0. The molecule has 0 bridgehead atoms. The summed E-state index contributed by atoms with van der Waals surface area (Å²) >= 11 is 0. The Morgan fingerprint density at radius 1 is 1.03 bits per heavy atom. The maximum atomic E-state index is 13.9. The van der Waals surface area contributed by atoms with E-state index in [4.69, 9.17) is 0 Å². The maximum absolute atomic E-state index is 13.9. The van der Waals surface area contributed by atoms with Gasteiger partial charge in [0.15, 0.2) is 0 Å². The van der Waals surface area contributed by atoms with Gasteiger partial charge in [0.2, 0.25) is 5.91 Å². The predicted molar refractivity (Wildman–Crippen MR) is 130 cm³/mol. The fourth-order valence-corrected chi connectivity index (χ4v) is 5.46. The number of hydrogen-bond donors (Lipinski definition) is 1. The first-order valence-electron chi connectivity index (χ1n) is 12.0. The number of nitrogens with one attached hydrogen (secondary N) is 1. The predicted octanol–water partition coefficient (Wildman–Crippen LogP) is 6.05. The fourth-order valence-electron chi connectivity index (χ4n) is 5.46. The number of hydrogen-bond acceptors (Lipinski definition) is 3. The molecule has 2 aromatic carbocycles. The molecule has 1 N–H and O–H groups in total. The Labute approximate surface area is 202 Å². The molecule has 35 heavy (non-hydrogen) atoms. The molecule has 5 nitrogen and oxygen atoms in total. The van der Waals surface area contributed by atoms with Crippen molar-refractivity contribution in [3.8, 4) is 0 Å². The molecule has 2 aliphatic rings. The van der Waals surface area contributed by atoms with Crippen LogP contribution < -0.4 is 5.32 Å². The summed E-state index contributed by atoms with van der Waals surface area (Å²) in [5.41, 5.74) is 4.42. The van der Waals surface area contributed by atoms with E-state index in [9.17, 15) is 18.4 Å². The number of aromatic nitrogens is 2. The van der Waals surface area contributed by atoms with Gasteiger partial charge in [-0.25, -0.2) is 13.8 Å². The van der Waals surface area contributed by atoms with E-state index in [0.29, 0.717) is 32.1 Å². The van der Waals surface area contributed by atoms with E-state index in [1.54, 1.807) is 6.33 Å². The number of anilines is 1. The van der Waals surface area contributed by atoms with Gasteiger partial charge in [0.25, 0.3) is 0 Å². The second-order valence-corrected chi connectivity index (χ2v) is 9.44. The van der Waals surface area contributed by atoms with Crippen molar-refractivity contribution in [2.75, 3.05) is 5.32 Å². The van der Waals surface area contributed by atoms with Crippen molar-refractivity contribution in [1.29, 1.82) is 0 Å².